The van der Waals surface area contributed by atoms with Crippen LogP contribution in [0.3, 0.4) is 0 Å². The first kappa shape index (κ1) is 20.0. The molecule has 1 aliphatic rings. The first-order valence-electron chi connectivity index (χ1n) is 9.04. The van der Waals surface area contributed by atoms with Gasteiger partial charge in [0.2, 0.25) is 11.8 Å². The van der Waals surface area contributed by atoms with Crippen molar-refractivity contribution in [3.05, 3.63) is 58.6 Å². The number of benzene rings is 2. The summed E-state index contributed by atoms with van der Waals surface area (Å²) >= 11 is 3.41. The van der Waals surface area contributed by atoms with Crippen LogP contribution in [0.4, 0.5) is 11.4 Å². The maximum absolute atomic E-state index is 12.4. The molecule has 2 aromatic rings. The van der Waals surface area contributed by atoms with Crippen LogP contribution in [0.5, 0.6) is 0 Å². The highest BCUT2D eigenvalue weighted by molar-refractivity contribution is 9.10. The van der Waals surface area contributed by atoms with Crippen molar-refractivity contribution >= 4 is 39.1 Å². The Balaban J connectivity index is 1.53. The molecular formula is C22H22BrN3O2. The Morgan fingerprint density at radius 2 is 2.00 bits per heavy atom. The van der Waals surface area contributed by atoms with Crippen molar-refractivity contribution in [2.24, 2.45) is 5.92 Å². The number of carbonyl (C=O) groups excluding carboxylic acids is 2. The Morgan fingerprint density at radius 1 is 1.25 bits per heavy atom. The number of hydrogen-bond donors (Lipinski definition) is 1. The van der Waals surface area contributed by atoms with Crippen molar-refractivity contribution in [2.75, 3.05) is 37.0 Å². The van der Waals surface area contributed by atoms with E-state index in [1.165, 1.54) is 0 Å². The van der Waals surface area contributed by atoms with Crippen LogP contribution < -0.4 is 15.1 Å². The molecule has 1 unspecified atom stereocenters. The van der Waals surface area contributed by atoms with Gasteiger partial charge >= 0.3 is 0 Å². The fourth-order valence-corrected chi connectivity index (χ4v) is 3.43. The Labute approximate surface area is 173 Å². The summed E-state index contributed by atoms with van der Waals surface area (Å²) in [6, 6.07) is 15.4. The van der Waals surface area contributed by atoms with Gasteiger partial charge < -0.3 is 15.1 Å². The Hall–Kier alpha value is -2.78. The summed E-state index contributed by atoms with van der Waals surface area (Å²) < 4.78 is 0.902. The molecule has 1 heterocycles. The van der Waals surface area contributed by atoms with Gasteiger partial charge in [-0.2, -0.15) is 0 Å². The minimum Gasteiger partial charge on any atom is -0.378 e. The van der Waals surface area contributed by atoms with Crippen LogP contribution >= 0.6 is 15.9 Å². The van der Waals surface area contributed by atoms with Gasteiger partial charge in [-0.15, -0.1) is 0 Å². The Bertz CT molecular complexity index is 929. The third-order valence-corrected chi connectivity index (χ3v) is 5.08. The van der Waals surface area contributed by atoms with E-state index in [2.05, 4.69) is 33.1 Å². The minimum absolute atomic E-state index is 0.0367. The summed E-state index contributed by atoms with van der Waals surface area (Å²) in [5, 5.41) is 2.82. The largest absolute Gasteiger partial charge is 0.378 e. The third-order valence-electron chi connectivity index (χ3n) is 4.58. The fraction of sp³-hybridized carbons (Fsp3) is 0.273. The van der Waals surface area contributed by atoms with Gasteiger partial charge in [-0.1, -0.05) is 33.8 Å². The summed E-state index contributed by atoms with van der Waals surface area (Å²) in [5.74, 6) is 5.48. The highest BCUT2D eigenvalue weighted by Gasteiger charge is 2.34. The zero-order valence-corrected chi connectivity index (χ0v) is 17.5. The van der Waals surface area contributed by atoms with Crippen LogP contribution in [0, 0.1) is 17.8 Å². The lowest BCUT2D eigenvalue weighted by Crippen LogP contribution is -2.33. The lowest BCUT2D eigenvalue weighted by molar-refractivity contribution is -0.126. The number of nitrogens with zero attached hydrogens (tertiary/aromatic N) is 2. The summed E-state index contributed by atoms with van der Waals surface area (Å²) in [7, 11) is 3.98. The molecule has 2 aromatic carbocycles. The van der Waals surface area contributed by atoms with Crippen molar-refractivity contribution in [2.45, 2.75) is 6.42 Å². The van der Waals surface area contributed by atoms with Crippen LogP contribution in [-0.4, -0.2) is 39.0 Å². The number of hydrogen-bond acceptors (Lipinski definition) is 3. The van der Waals surface area contributed by atoms with Gasteiger partial charge in [0.25, 0.3) is 0 Å². The lowest BCUT2D eigenvalue weighted by atomic mass is 10.1. The van der Waals surface area contributed by atoms with Gasteiger partial charge in [-0.25, -0.2) is 0 Å². The van der Waals surface area contributed by atoms with Crippen molar-refractivity contribution in [3.63, 3.8) is 0 Å². The molecule has 1 fully saturated rings. The molecule has 28 heavy (non-hydrogen) atoms. The van der Waals surface area contributed by atoms with E-state index in [1.807, 2.05) is 67.5 Å². The molecule has 0 aromatic heterocycles. The second-order valence-corrected chi connectivity index (χ2v) is 7.76. The zero-order chi connectivity index (χ0) is 20.1. The van der Waals surface area contributed by atoms with Crippen LogP contribution in [0.2, 0.25) is 0 Å². The summed E-state index contributed by atoms with van der Waals surface area (Å²) in [5.41, 5.74) is 2.81. The third kappa shape index (κ3) is 4.93. The predicted molar refractivity (Wildman–Crippen MR) is 115 cm³/mol. The molecule has 6 heteroatoms. The van der Waals surface area contributed by atoms with Gasteiger partial charge in [0, 0.05) is 48.5 Å². The van der Waals surface area contributed by atoms with Crippen molar-refractivity contribution in [1.82, 2.24) is 5.32 Å². The summed E-state index contributed by atoms with van der Waals surface area (Å²) in [6.07, 6.45) is 0.220. The first-order chi connectivity index (χ1) is 13.4. The standard InChI is InChI=1S/C22H22BrN3O2/c1-25(2)19-10-8-16(9-11-19)5-4-12-24-22(28)17-13-21(27)26(15-17)20-7-3-6-18(23)14-20/h3,6-11,14,17H,12-13,15H2,1-2H3,(H,24,28). The second-order valence-electron chi connectivity index (χ2n) is 6.85. The first-order valence-corrected chi connectivity index (χ1v) is 9.83. The van der Waals surface area contributed by atoms with E-state index < -0.39 is 0 Å². The SMILES string of the molecule is CN(C)c1ccc(C#CCNC(=O)C2CC(=O)N(c3cccc(Br)c3)C2)cc1. The number of anilines is 2. The molecule has 1 aliphatic heterocycles. The highest BCUT2D eigenvalue weighted by atomic mass is 79.9. The van der Waals surface area contributed by atoms with Crippen molar-refractivity contribution < 1.29 is 9.59 Å². The topological polar surface area (TPSA) is 52.7 Å². The highest BCUT2D eigenvalue weighted by Crippen LogP contribution is 2.27. The van der Waals surface area contributed by atoms with Crippen LogP contribution in [0.1, 0.15) is 12.0 Å². The molecule has 0 spiro atoms. The minimum atomic E-state index is -0.354. The molecular weight excluding hydrogens is 418 g/mol. The van der Waals surface area contributed by atoms with Crippen molar-refractivity contribution in [3.8, 4) is 11.8 Å². The lowest BCUT2D eigenvalue weighted by Gasteiger charge is -2.16. The van der Waals surface area contributed by atoms with E-state index >= 15 is 0 Å². The maximum atomic E-state index is 12.4. The number of halogens is 1. The van der Waals surface area contributed by atoms with Gasteiger partial charge in [-0.05, 0) is 42.5 Å². The van der Waals surface area contributed by atoms with Gasteiger partial charge in [0.15, 0.2) is 0 Å². The molecule has 0 saturated carbocycles. The molecule has 1 saturated heterocycles. The number of rotatable bonds is 4. The summed E-state index contributed by atoms with van der Waals surface area (Å²) in [4.78, 5) is 28.4. The smallest absolute Gasteiger partial charge is 0.227 e. The molecule has 0 bridgehead atoms. The molecule has 1 atom stereocenters. The average molecular weight is 440 g/mol. The van der Waals surface area contributed by atoms with Gasteiger partial charge in [-0.3, -0.25) is 9.59 Å². The van der Waals surface area contributed by atoms with E-state index in [9.17, 15) is 9.59 Å². The van der Waals surface area contributed by atoms with Crippen LogP contribution in [-0.2, 0) is 9.59 Å². The normalized spacial score (nSPS) is 15.8. The second kappa shape index (κ2) is 8.94. The zero-order valence-electron chi connectivity index (χ0n) is 15.9. The monoisotopic (exact) mass is 439 g/mol. The van der Waals surface area contributed by atoms with E-state index in [-0.39, 0.29) is 30.7 Å². The van der Waals surface area contributed by atoms with E-state index in [1.54, 1.807) is 4.90 Å². The molecule has 0 aliphatic carbocycles. The fourth-order valence-electron chi connectivity index (χ4n) is 3.04. The summed E-state index contributed by atoms with van der Waals surface area (Å²) in [6.45, 7) is 0.649. The van der Waals surface area contributed by atoms with Crippen LogP contribution in [0.25, 0.3) is 0 Å². The van der Waals surface area contributed by atoms with E-state index in [0.717, 1.165) is 21.4 Å². The number of nitrogens with one attached hydrogen (secondary N) is 1. The van der Waals surface area contributed by atoms with E-state index in [0.29, 0.717) is 6.54 Å². The number of carbonyl (C=O) groups is 2. The Kier molecular flexibility index (Phi) is 6.37. The quantitative estimate of drug-likeness (QED) is 0.744. The number of amides is 2. The van der Waals surface area contributed by atoms with E-state index in [4.69, 9.17) is 0 Å². The Morgan fingerprint density at radius 3 is 2.68 bits per heavy atom. The molecule has 1 N–H and O–H groups in total. The van der Waals surface area contributed by atoms with Crippen LogP contribution in [0.15, 0.2) is 53.0 Å². The molecule has 144 valence electrons. The average Bonchev–Trinajstić information content (AvgIpc) is 3.07. The van der Waals surface area contributed by atoms with Gasteiger partial charge in [0.05, 0.1) is 12.5 Å². The predicted octanol–water partition coefficient (Wildman–Crippen LogP) is 3.04. The maximum Gasteiger partial charge on any atom is 0.227 e. The molecule has 3 rings (SSSR count). The van der Waals surface area contributed by atoms with Crippen molar-refractivity contribution in [1.29, 1.82) is 0 Å². The molecule has 5 nitrogen and oxygen atoms in total. The molecule has 0 radical (unpaired) electrons. The van der Waals surface area contributed by atoms with Gasteiger partial charge in [0.1, 0.15) is 0 Å². The molecule has 2 amide bonds.